The molecule has 5 nitrogen and oxygen atoms in total. The first kappa shape index (κ1) is 17.5. The Morgan fingerprint density at radius 3 is 2.50 bits per heavy atom. The maximum absolute atomic E-state index is 12.6. The molecule has 24 heavy (non-hydrogen) atoms. The molecule has 3 rings (SSSR count). The number of sulfonamides is 1. The number of benzene rings is 1. The van der Waals surface area contributed by atoms with E-state index in [1.54, 1.807) is 18.2 Å². The Morgan fingerprint density at radius 2 is 1.88 bits per heavy atom. The van der Waals surface area contributed by atoms with Gasteiger partial charge in [-0.15, -0.1) is 0 Å². The van der Waals surface area contributed by atoms with Crippen molar-refractivity contribution in [3.05, 3.63) is 53.3 Å². The Bertz CT molecular complexity index is 798. The SMILES string of the molecule is Cn1cccc1C(CNS(=O)(=O)c1ccccc1Cl)N1CCCC1. The van der Waals surface area contributed by atoms with Crippen LogP contribution in [0.3, 0.4) is 0 Å². The minimum Gasteiger partial charge on any atom is -0.353 e. The van der Waals surface area contributed by atoms with Crippen LogP contribution >= 0.6 is 11.6 Å². The summed E-state index contributed by atoms with van der Waals surface area (Å²) in [5.41, 5.74) is 1.11. The van der Waals surface area contributed by atoms with E-state index in [1.165, 1.54) is 6.07 Å². The number of aryl methyl sites for hydroxylation is 1. The molecule has 1 fully saturated rings. The van der Waals surface area contributed by atoms with Gasteiger partial charge in [-0.2, -0.15) is 0 Å². The van der Waals surface area contributed by atoms with Gasteiger partial charge in [-0.05, 0) is 50.2 Å². The molecule has 2 aromatic rings. The zero-order valence-electron chi connectivity index (χ0n) is 13.7. The van der Waals surface area contributed by atoms with Gasteiger partial charge in [0.1, 0.15) is 4.90 Å². The van der Waals surface area contributed by atoms with Crippen LogP contribution in [0.2, 0.25) is 5.02 Å². The monoisotopic (exact) mass is 367 g/mol. The second-order valence-electron chi connectivity index (χ2n) is 6.09. The van der Waals surface area contributed by atoms with E-state index in [0.717, 1.165) is 31.6 Å². The average molecular weight is 368 g/mol. The Balaban J connectivity index is 1.81. The van der Waals surface area contributed by atoms with Gasteiger partial charge < -0.3 is 4.57 Å². The van der Waals surface area contributed by atoms with E-state index >= 15 is 0 Å². The number of halogens is 1. The van der Waals surface area contributed by atoms with Gasteiger partial charge in [-0.3, -0.25) is 4.90 Å². The largest absolute Gasteiger partial charge is 0.353 e. The molecule has 2 heterocycles. The molecule has 0 aliphatic carbocycles. The molecule has 130 valence electrons. The minimum absolute atomic E-state index is 0.0183. The fourth-order valence-electron chi connectivity index (χ4n) is 3.22. The number of likely N-dealkylation sites (tertiary alicyclic amines) is 1. The van der Waals surface area contributed by atoms with E-state index in [2.05, 4.69) is 9.62 Å². The molecule has 1 aliphatic heterocycles. The van der Waals surface area contributed by atoms with Crippen molar-refractivity contribution < 1.29 is 8.42 Å². The van der Waals surface area contributed by atoms with E-state index in [9.17, 15) is 8.42 Å². The standard InChI is InChI=1S/C17H22ClN3O2S/c1-20-10-6-8-15(20)16(21-11-4-5-12-21)13-19-24(22,23)17-9-3-2-7-14(17)18/h2-3,6-10,16,19H,4-5,11-13H2,1H3. The molecule has 0 spiro atoms. The molecule has 0 saturated carbocycles. The Hall–Kier alpha value is -1.34. The highest BCUT2D eigenvalue weighted by atomic mass is 35.5. The van der Waals surface area contributed by atoms with E-state index in [1.807, 2.05) is 29.9 Å². The van der Waals surface area contributed by atoms with Gasteiger partial charge in [0, 0.05) is 25.5 Å². The van der Waals surface area contributed by atoms with Gasteiger partial charge in [0.15, 0.2) is 0 Å². The molecule has 1 aromatic carbocycles. The van der Waals surface area contributed by atoms with Crippen molar-refractivity contribution >= 4 is 21.6 Å². The minimum atomic E-state index is -3.64. The molecule has 1 atom stereocenters. The summed E-state index contributed by atoms with van der Waals surface area (Å²) in [5.74, 6) is 0. The predicted molar refractivity (Wildman–Crippen MR) is 95.6 cm³/mol. The Labute approximate surface area is 148 Å². The van der Waals surface area contributed by atoms with Crippen molar-refractivity contribution in [1.82, 2.24) is 14.2 Å². The molecule has 1 N–H and O–H groups in total. The number of nitrogens with zero attached hydrogens (tertiary/aromatic N) is 2. The van der Waals surface area contributed by atoms with Gasteiger partial charge in [0.25, 0.3) is 0 Å². The molecule has 1 unspecified atom stereocenters. The van der Waals surface area contributed by atoms with Crippen molar-refractivity contribution in [3.63, 3.8) is 0 Å². The Kier molecular flexibility index (Phi) is 5.30. The second kappa shape index (κ2) is 7.27. The molecule has 1 aromatic heterocycles. The zero-order valence-corrected chi connectivity index (χ0v) is 15.2. The highest BCUT2D eigenvalue weighted by Crippen LogP contribution is 2.26. The van der Waals surface area contributed by atoms with E-state index in [-0.39, 0.29) is 16.0 Å². The lowest BCUT2D eigenvalue weighted by molar-refractivity contribution is 0.238. The lowest BCUT2D eigenvalue weighted by atomic mass is 10.2. The van der Waals surface area contributed by atoms with E-state index in [0.29, 0.717) is 6.54 Å². The number of nitrogens with one attached hydrogen (secondary N) is 1. The van der Waals surface area contributed by atoms with E-state index in [4.69, 9.17) is 11.6 Å². The highest BCUT2D eigenvalue weighted by Gasteiger charge is 2.27. The Morgan fingerprint density at radius 1 is 1.17 bits per heavy atom. The first-order valence-corrected chi connectivity index (χ1v) is 9.94. The van der Waals surface area contributed by atoms with Crippen LogP contribution in [0.5, 0.6) is 0 Å². The number of hydrogen-bond acceptors (Lipinski definition) is 3. The summed E-state index contributed by atoms with van der Waals surface area (Å²) in [6.07, 6.45) is 4.29. The summed E-state index contributed by atoms with van der Waals surface area (Å²) in [7, 11) is -1.65. The fraction of sp³-hybridized carbons (Fsp3) is 0.412. The lowest BCUT2D eigenvalue weighted by Crippen LogP contribution is -2.37. The third-order valence-corrected chi connectivity index (χ3v) is 6.42. The maximum atomic E-state index is 12.6. The molecular weight excluding hydrogens is 346 g/mol. The first-order chi connectivity index (χ1) is 11.5. The summed E-state index contributed by atoms with van der Waals surface area (Å²) >= 11 is 6.04. The molecule has 0 amide bonds. The third-order valence-electron chi connectivity index (χ3n) is 4.50. The van der Waals surface area contributed by atoms with Crippen LogP contribution in [0.4, 0.5) is 0 Å². The number of hydrogen-bond donors (Lipinski definition) is 1. The van der Waals surface area contributed by atoms with Crippen molar-refractivity contribution in [2.75, 3.05) is 19.6 Å². The lowest BCUT2D eigenvalue weighted by Gasteiger charge is -2.28. The number of aromatic nitrogens is 1. The van der Waals surface area contributed by atoms with Crippen LogP contribution in [0.1, 0.15) is 24.6 Å². The van der Waals surface area contributed by atoms with Gasteiger partial charge in [-0.1, -0.05) is 23.7 Å². The fourth-order valence-corrected chi connectivity index (χ4v) is 4.78. The molecule has 1 saturated heterocycles. The van der Waals surface area contributed by atoms with Crippen LogP contribution in [0, 0.1) is 0 Å². The third kappa shape index (κ3) is 3.67. The number of rotatable bonds is 6. The van der Waals surface area contributed by atoms with E-state index < -0.39 is 10.0 Å². The van der Waals surface area contributed by atoms with Crippen LogP contribution in [-0.2, 0) is 17.1 Å². The van der Waals surface area contributed by atoms with Crippen molar-refractivity contribution in [2.45, 2.75) is 23.8 Å². The average Bonchev–Trinajstić information content (AvgIpc) is 3.21. The summed E-state index contributed by atoms with van der Waals surface area (Å²) in [6, 6.07) is 10.6. The van der Waals surface area contributed by atoms with Crippen LogP contribution < -0.4 is 4.72 Å². The van der Waals surface area contributed by atoms with Crippen molar-refractivity contribution in [3.8, 4) is 0 Å². The molecule has 1 aliphatic rings. The summed E-state index contributed by atoms with van der Waals surface area (Å²) in [6.45, 7) is 2.30. The smallest absolute Gasteiger partial charge is 0.242 e. The van der Waals surface area contributed by atoms with Gasteiger partial charge in [-0.25, -0.2) is 13.1 Å². The van der Waals surface area contributed by atoms with Crippen LogP contribution in [-0.4, -0.2) is 37.5 Å². The normalized spacial score (nSPS) is 17.2. The van der Waals surface area contributed by atoms with Crippen LogP contribution in [0.15, 0.2) is 47.5 Å². The summed E-state index contributed by atoms with van der Waals surface area (Å²) in [5, 5.41) is 0.238. The van der Waals surface area contributed by atoms with Crippen molar-refractivity contribution in [1.29, 1.82) is 0 Å². The molecule has 0 radical (unpaired) electrons. The second-order valence-corrected chi connectivity index (χ2v) is 8.23. The molecular formula is C17H22ClN3O2S. The zero-order chi connectivity index (χ0) is 17.2. The quantitative estimate of drug-likeness (QED) is 0.854. The summed E-state index contributed by atoms with van der Waals surface area (Å²) in [4.78, 5) is 2.46. The first-order valence-electron chi connectivity index (χ1n) is 8.08. The molecule has 0 bridgehead atoms. The highest BCUT2D eigenvalue weighted by molar-refractivity contribution is 7.89. The van der Waals surface area contributed by atoms with Gasteiger partial charge in [0.05, 0.1) is 11.1 Å². The van der Waals surface area contributed by atoms with Gasteiger partial charge >= 0.3 is 0 Å². The topological polar surface area (TPSA) is 54.3 Å². The predicted octanol–water partition coefficient (Wildman–Crippen LogP) is 2.79. The molecule has 7 heteroatoms. The summed E-state index contributed by atoms with van der Waals surface area (Å²) < 4.78 is 30.0. The maximum Gasteiger partial charge on any atom is 0.242 e. The van der Waals surface area contributed by atoms with Crippen LogP contribution in [0.25, 0.3) is 0 Å². The van der Waals surface area contributed by atoms with Crippen molar-refractivity contribution in [2.24, 2.45) is 7.05 Å². The van der Waals surface area contributed by atoms with Gasteiger partial charge in [0.2, 0.25) is 10.0 Å².